The van der Waals surface area contributed by atoms with Gasteiger partial charge in [0, 0.05) is 30.0 Å². The van der Waals surface area contributed by atoms with Crippen molar-refractivity contribution < 1.29 is 22.8 Å². The van der Waals surface area contributed by atoms with Gasteiger partial charge in [-0.1, -0.05) is 6.07 Å². The summed E-state index contributed by atoms with van der Waals surface area (Å²) in [6.45, 7) is 0.668. The van der Waals surface area contributed by atoms with E-state index in [1.165, 1.54) is 12.1 Å². The van der Waals surface area contributed by atoms with Gasteiger partial charge in [0.05, 0.1) is 5.56 Å². The number of carbonyl (C=O) groups excluding carboxylic acids is 2. The van der Waals surface area contributed by atoms with Crippen LogP contribution < -0.4 is 15.5 Å². The number of hydrogen-bond donors (Lipinski definition) is 2. The number of benzene rings is 2. The van der Waals surface area contributed by atoms with Gasteiger partial charge in [-0.05, 0) is 55.3 Å². The molecule has 5 nitrogen and oxygen atoms in total. The van der Waals surface area contributed by atoms with Gasteiger partial charge in [0.1, 0.15) is 0 Å². The molecule has 1 aliphatic rings. The summed E-state index contributed by atoms with van der Waals surface area (Å²) in [4.78, 5) is 25.6. The van der Waals surface area contributed by atoms with Crippen LogP contribution in [0, 0.1) is 0 Å². The monoisotopic (exact) mass is 377 g/mol. The van der Waals surface area contributed by atoms with Gasteiger partial charge in [-0.3, -0.25) is 4.79 Å². The van der Waals surface area contributed by atoms with E-state index in [0.29, 0.717) is 18.7 Å². The van der Waals surface area contributed by atoms with Gasteiger partial charge in [-0.25, -0.2) is 4.79 Å². The van der Waals surface area contributed by atoms with E-state index >= 15 is 0 Å². The van der Waals surface area contributed by atoms with Gasteiger partial charge in [-0.15, -0.1) is 0 Å². The summed E-state index contributed by atoms with van der Waals surface area (Å²) in [5.74, 6) is 0.0734. The third kappa shape index (κ3) is 4.78. The standard InChI is InChI=1S/C19H18F3N3O2/c20-19(21,22)13-4-3-5-15(12-13)24-18(27)23-14-7-9-16(10-8-14)25-11-2-1-6-17(25)26/h3-5,7-10,12H,1-2,6,11H2,(H2,23,24,27). The van der Waals surface area contributed by atoms with Crippen molar-refractivity contribution in [2.45, 2.75) is 25.4 Å². The molecular formula is C19H18F3N3O2. The van der Waals surface area contributed by atoms with Gasteiger partial charge < -0.3 is 15.5 Å². The largest absolute Gasteiger partial charge is 0.416 e. The van der Waals surface area contributed by atoms with E-state index in [0.717, 1.165) is 30.7 Å². The van der Waals surface area contributed by atoms with Crippen molar-refractivity contribution in [3.8, 4) is 0 Å². The fraction of sp³-hybridized carbons (Fsp3) is 0.263. The molecule has 0 aromatic heterocycles. The molecule has 2 aromatic rings. The maximum absolute atomic E-state index is 12.7. The van der Waals surface area contributed by atoms with Crippen LogP contribution in [-0.2, 0) is 11.0 Å². The Kier molecular flexibility index (Phi) is 5.34. The summed E-state index contributed by atoms with van der Waals surface area (Å²) in [7, 11) is 0. The van der Waals surface area contributed by atoms with Crippen molar-refractivity contribution in [2.75, 3.05) is 22.1 Å². The van der Waals surface area contributed by atoms with Crippen molar-refractivity contribution in [3.05, 3.63) is 54.1 Å². The lowest BCUT2D eigenvalue weighted by Gasteiger charge is -2.26. The summed E-state index contributed by atoms with van der Waals surface area (Å²) in [5.41, 5.74) is 0.421. The van der Waals surface area contributed by atoms with Gasteiger partial charge in [0.2, 0.25) is 5.91 Å². The molecule has 0 spiro atoms. The van der Waals surface area contributed by atoms with Gasteiger partial charge >= 0.3 is 12.2 Å². The minimum absolute atomic E-state index is 0.0397. The SMILES string of the molecule is O=C(Nc1ccc(N2CCCCC2=O)cc1)Nc1cccc(C(F)(F)F)c1. The zero-order valence-corrected chi connectivity index (χ0v) is 14.3. The Morgan fingerprint density at radius 3 is 2.33 bits per heavy atom. The Hall–Kier alpha value is -3.03. The molecule has 1 fully saturated rings. The highest BCUT2D eigenvalue weighted by molar-refractivity contribution is 6.00. The summed E-state index contributed by atoms with van der Waals surface area (Å²) in [6, 6.07) is 10.5. The number of nitrogens with one attached hydrogen (secondary N) is 2. The van der Waals surface area contributed by atoms with Crippen molar-refractivity contribution >= 4 is 29.0 Å². The highest BCUT2D eigenvalue weighted by atomic mass is 19.4. The predicted molar refractivity (Wildman–Crippen MR) is 96.7 cm³/mol. The molecule has 0 aliphatic carbocycles. The summed E-state index contributed by atoms with van der Waals surface area (Å²) >= 11 is 0. The lowest BCUT2D eigenvalue weighted by molar-refractivity contribution is -0.137. The minimum atomic E-state index is -4.48. The van der Waals surface area contributed by atoms with Crippen LogP contribution in [-0.4, -0.2) is 18.5 Å². The van der Waals surface area contributed by atoms with Crippen LogP contribution >= 0.6 is 0 Å². The molecule has 0 saturated carbocycles. The number of rotatable bonds is 3. The first-order valence-electron chi connectivity index (χ1n) is 8.48. The fourth-order valence-electron chi connectivity index (χ4n) is 2.87. The van der Waals surface area contributed by atoms with E-state index in [4.69, 9.17) is 0 Å². The van der Waals surface area contributed by atoms with Crippen molar-refractivity contribution in [1.82, 2.24) is 0 Å². The second-order valence-electron chi connectivity index (χ2n) is 6.21. The number of halogens is 3. The molecule has 1 aliphatic heterocycles. The quantitative estimate of drug-likeness (QED) is 0.802. The molecule has 8 heteroatoms. The Labute approximate surface area is 154 Å². The topological polar surface area (TPSA) is 61.4 Å². The van der Waals surface area contributed by atoms with Gasteiger partial charge in [0.15, 0.2) is 0 Å². The van der Waals surface area contributed by atoms with E-state index in [2.05, 4.69) is 10.6 Å². The van der Waals surface area contributed by atoms with Crippen molar-refractivity contribution in [3.63, 3.8) is 0 Å². The van der Waals surface area contributed by atoms with Gasteiger partial charge in [0.25, 0.3) is 0 Å². The van der Waals surface area contributed by atoms with Gasteiger partial charge in [-0.2, -0.15) is 13.2 Å². The summed E-state index contributed by atoms with van der Waals surface area (Å²) in [6.07, 6.45) is -2.11. The van der Waals surface area contributed by atoms with E-state index < -0.39 is 17.8 Å². The normalized spacial score (nSPS) is 14.8. The number of nitrogens with zero attached hydrogens (tertiary/aromatic N) is 1. The number of carbonyl (C=O) groups is 2. The molecule has 0 bridgehead atoms. The average Bonchev–Trinajstić information content (AvgIpc) is 2.62. The first-order chi connectivity index (χ1) is 12.8. The molecule has 27 heavy (non-hydrogen) atoms. The first kappa shape index (κ1) is 18.8. The molecule has 0 unspecified atom stereocenters. The van der Waals surface area contributed by atoms with E-state index in [1.54, 1.807) is 29.2 Å². The number of alkyl halides is 3. The number of anilines is 3. The highest BCUT2D eigenvalue weighted by Gasteiger charge is 2.30. The number of hydrogen-bond acceptors (Lipinski definition) is 2. The van der Waals surface area contributed by atoms with Crippen molar-refractivity contribution in [1.29, 1.82) is 0 Å². The molecule has 2 N–H and O–H groups in total. The van der Waals surface area contributed by atoms with Crippen LogP contribution in [0.5, 0.6) is 0 Å². The Bertz CT molecular complexity index is 835. The molecule has 2 aromatic carbocycles. The maximum atomic E-state index is 12.7. The number of urea groups is 1. The zero-order valence-electron chi connectivity index (χ0n) is 14.3. The Morgan fingerprint density at radius 2 is 1.67 bits per heavy atom. The number of amides is 3. The maximum Gasteiger partial charge on any atom is 0.416 e. The second kappa shape index (κ2) is 7.69. The number of piperidine rings is 1. The van der Waals surface area contributed by atoms with E-state index in [9.17, 15) is 22.8 Å². The van der Waals surface area contributed by atoms with Crippen LogP contribution in [0.4, 0.5) is 35.0 Å². The van der Waals surface area contributed by atoms with E-state index in [-0.39, 0.29) is 11.6 Å². The van der Waals surface area contributed by atoms with Crippen LogP contribution in [0.15, 0.2) is 48.5 Å². The minimum Gasteiger partial charge on any atom is -0.312 e. The molecule has 0 atom stereocenters. The molecule has 3 rings (SSSR count). The summed E-state index contributed by atoms with van der Waals surface area (Å²) in [5, 5.41) is 4.93. The molecular weight excluding hydrogens is 359 g/mol. The predicted octanol–water partition coefficient (Wildman–Crippen LogP) is 4.87. The Morgan fingerprint density at radius 1 is 0.963 bits per heavy atom. The Balaban J connectivity index is 1.62. The molecule has 1 saturated heterocycles. The van der Waals surface area contributed by atoms with Crippen LogP contribution in [0.25, 0.3) is 0 Å². The molecule has 0 radical (unpaired) electrons. The third-order valence-electron chi connectivity index (χ3n) is 4.21. The third-order valence-corrected chi connectivity index (χ3v) is 4.21. The van der Waals surface area contributed by atoms with Crippen molar-refractivity contribution in [2.24, 2.45) is 0 Å². The lowest BCUT2D eigenvalue weighted by atomic mass is 10.1. The second-order valence-corrected chi connectivity index (χ2v) is 6.21. The summed E-state index contributed by atoms with van der Waals surface area (Å²) < 4.78 is 38.1. The smallest absolute Gasteiger partial charge is 0.312 e. The molecule has 142 valence electrons. The van der Waals surface area contributed by atoms with Crippen LogP contribution in [0.3, 0.4) is 0 Å². The van der Waals surface area contributed by atoms with Crippen LogP contribution in [0.2, 0.25) is 0 Å². The fourth-order valence-corrected chi connectivity index (χ4v) is 2.87. The average molecular weight is 377 g/mol. The lowest BCUT2D eigenvalue weighted by Crippen LogP contribution is -2.35. The highest BCUT2D eigenvalue weighted by Crippen LogP contribution is 2.30. The first-order valence-corrected chi connectivity index (χ1v) is 8.48. The molecule has 1 heterocycles. The van der Waals surface area contributed by atoms with E-state index in [1.807, 2.05) is 0 Å². The molecule has 3 amide bonds. The zero-order chi connectivity index (χ0) is 19.4. The van der Waals surface area contributed by atoms with Crippen LogP contribution in [0.1, 0.15) is 24.8 Å².